The lowest BCUT2D eigenvalue weighted by Crippen LogP contribution is -2.24. The topological polar surface area (TPSA) is 47.6 Å². The summed E-state index contributed by atoms with van der Waals surface area (Å²) in [5, 5.41) is 2.87. The minimum Gasteiger partial charge on any atom is -0.493 e. The molecule has 1 amide bonds. The van der Waals surface area contributed by atoms with Gasteiger partial charge in [0.2, 0.25) is 0 Å². The van der Waals surface area contributed by atoms with Gasteiger partial charge in [0.25, 0.3) is 5.91 Å². The Morgan fingerprint density at radius 3 is 2.57 bits per heavy atom. The van der Waals surface area contributed by atoms with E-state index in [1.807, 2.05) is 18.2 Å². The smallest absolute Gasteiger partial charge is 0.261 e. The Bertz CT molecular complexity index is 627. The van der Waals surface area contributed by atoms with Crippen LogP contribution < -0.4 is 14.8 Å². The van der Waals surface area contributed by atoms with E-state index in [2.05, 4.69) is 5.32 Å². The minimum atomic E-state index is -0.104. The van der Waals surface area contributed by atoms with Crippen molar-refractivity contribution in [3.8, 4) is 11.5 Å². The number of thiophene rings is 1. The third-order valence-electron chi connectivity index (χ3n) is 2.94. The molecular weight excluding hydrogens is 310 g/mol. The van der Waals surface area contributed by atoms with Crippen molar-refractivity contribution >= 4 is 28.8 Å². The van der Waals surface area contributed by atoms with E-state index < -0.39 is 0 Å². The van der Waals surface area contributed by atoms with Crippen LogP contribution in [0.2, 0.25) is 4.34 Å². The van der Waals surface area contributed by atoms with Gasteiger partial charge in [0.05, 0.1) is 23.4 Å². The lowest BCUT2D eigenvalue weighted by molar-refractivity contribution is 0.0958. The third-order valence-corrected chi connectivity index (χ3v) is 4.17. The number of benzene rings is 1. The van der Waals surface area contributed by atoms with Crippen LogP contribution in [0.25, 0.3) is 0 Å². The molecule has 0 spiro atoms. The highest BCUT2D eigenvalue weighted by atomic mass is 35.5. The average Bonchev–Trinajstić information content (AvgIpc) is 2.93. The van der Waals surface area contributed by atoms with Gasteiger partial charge in [0.15, 0.2) is 11.5 Å². The lowest BCUT2D eigenvalue weighted by atomic mass is 10.1. The van der Waals surface area contributed by atoms with Gasteiger partial charge < -0.3 is 14.8 Å². The number of methoxy groups -OCH3 is 2. The molecular formula is C15H16ClNO3S. The largest absolute Gasteiger partial charge is 0.493 e. The van der Waals surface area contributed by atoms with Crippen molar-refractivity contribution in [1.82, 2.24) is 5.32 Å². The van der Waals surface area contributed by atoms with Crippen molar-refractivity contribution in [1.29, 1.82) is 0 Å². The molecule has 0 fully saturated rings. The number of hydrogen-bond acceptors (Lipinski definition) is 4. The molecule has 6 heteroatoms. The van der Waals surface area contributed by atoms with Crippen molar-refractivity contribution in [3.63, 3.8) is 0 Å². The number of carbonyl (C=O) groups excluding carboxylic acids is 1. The number of nitrogens with one attached hydrogen (secondary N) is 1. The third kappa shape index (κ3) is 4.12. The standard InChI is InChI=1S/C15H16ClNO3S/c1-19-11-4-3-10(9-12(11)20-2)7-8-17-15(18)13-5-6-14(16)21-13/h3-6,9H,7-8H2,1-2H3,(H,17,18). The normalized spacial score (nSPS) is 10.2. The summed E-state index contributed by atoms with van der Waals surface area (Å²) in [5.74, 6) is 1.28. The zero-order valence-corrected chi connectivity index (χ0v) is 13.4. The van der Waals surface area contributed by atoms with Crippen LogP contribution in [0.3, 0.4) is 0 Å². The summed E-state index contributed by atoms with van der Waals surface area (Å²) in [6.45, 7) is 0.545. The first kappa shape index (κ1) is 15.7. The molecule has 4 nitrogen and oxygen atoms in total. The number of ether oxygens (including phenoxy) is 2. The second kappa shape index (κ2) is 7.33. The van der Waals surface area contributed by atoms with Gasteiger partial charge in [0.1, 0.15) is 0 Å². The number of carbonyl (C=O) groups is 1. The highest BCUT2D eigenvalue weighted by Gasteiger charge is 2.08. The molecule has 0 atom stereocenters. The SMILES string of the molecule is COc1ccc(CCNC(=O)c2ccc(Cl)s2)cc1OC. The first-order valence-electron chi connectivity index (χ1n) is 6.38. The van der Waals surface area contributed by atoms with Crippen LogP contribution in [0.4, 0.5) is 0 Å². The van der Waals surface area contributed by atoms with Crippen molar-refractivity contribution < 1.29 is 14.3 Å². The Kier molecular flexibility index (Phi) is 5.47. The number of amides is 1. The van der Waals surface area contributed by atoms with E-state index in [0.29, 0.717) is 33.7 Å². The molecule has 0 aliphatic carbocycles. The van der Waals surface area contributed by atoms with E-state index in [1.165, 1.54) is 11.3 Å². The zero-order valence-electron chi connectivity index (χ0n) is 11.8. The van der Waals surface area contributed by atoms with Crippen molar-refractivity contribution in [2.24, 2.45) is 0 Å². The van der Waals surface area contributed by atoms with Crippen LogP contribution in [0.5, 0.6) is 11.5 Å². The lowest BCUT2D eigenvalue weighted by Gasteiger charge is -2.09. The summed E-state index contributed by atoms with van der Waals surface area (Å²) in [5.41, 5.74) is 1.07. The Balaban J connectivity index is 1.90. The van der Waals surface area contributed by atoms with E-state index in [4.69, 9.17) is 21.1 Å². The maximum absolute atomic E-state index is 11.9. The van der Waals surface area contributed by atoms with Crippen molar-refractivity contribution in [2.45, 2.75) is 6.42 Å². The maximum Gasteiger partial charge on any atom is 0.261 e. The van der Waals surface area contributed by atoms with E-state index in [0.717, 1.165) is 5.56 Å². The van der Waals surface area contributed by atoms with Crippen LogP contribution in [0.15, 0.2) is 30.3 Å². The summed E-state index contributed by atoms with van der Waals surface area (Å²) < 4.78 is 11.1. The molecule has 112 valence electrons. The second-order valence-corrected chi connectivity index (χ2v) is 6.01. The average molecular weight is 326 g/mol. The highest BCUT2D eigenvalue weighted by molar-refractivity contribution is 7.17. The molecule has 1 N–H and O–H groups in total. The monoisotopic (exact) mass is 325 g/mol. The molecule has 0 aliphatic rings. The number of halogens is 1. The maximum atomic E-state index is 11.9. The first-order valence-corrected chi connectivity index (χ1v) is 7.58. The molecule has 0 saturated carbocycles. The van der Waals surface area contributed by atoms with E-state index in [-0.39, 0.29) is 5.91 Å². The van der Waals surface area contributed by atoms with Crippen LogP contribution in [0.1, 0.15) is 15.2 Å². The summed E-state index contributed by atoms with van der Waals surface area (Å²) in [6, 6.07) is 9.16. The Morgan fingerprint density at radius 2 is 1.95 bits per heavy atom. The molecule has 0 aliphatic heterocycles. The minimum absolute atomic E-state index is 0.104. The Hall–Kier alpha value is -1.72. The fourth-order valence-electron chi connectivity index (χ4n) is 1.88. The van der Waals surface area contributed by atoms with Gasteiger partial charge >= 0.3 is 0 Å². The molecule has 1 heterocycles. The molecule has 2 rings (SSSR count). The van der Waals surface area contributed by atoms with Gasteiger partial charge in [-0.3, -0.25) is 4.79 Å². The van der Waals surface area contributed by atoms with Gasteiger partial charge in [-0.15, -0.1) is 11.3 Å². The molecule has 0 bridgehead atoms. The molecule has 2 aromatic rings. The molecule has 1 aromatic heterocycles. The Labute approximate surface area is 132 Å². The van der Waals surface area contributed by atoms with Crippen LogP contribution >= 0.6 is 22.9 Å². The molecule has 0 unspecified atom stereocenters. The predicted octanol–water partition coefficient (Wildman–Crippen LogP) is 3.39. The summed E-state index contributed by atoms with van der Waals surface area (Å²) in [4.78, 5) is 12.5. The molecule has 0 saturated heterocycles. The van der Waals surface area contributed by atoms with Gasteiger partial charge in [-0.2, -0.15) is 0 Å². The fraction of sp³-hybridized carbons (Fsp3) is 0.267. The van der Waals surface area contributed by atoms with E-state index in [1.54, 1.807) is 26.4 Å². The summed E-state index contributed by atoms with van der Waals surface area (Å²) >= 11 is 7.08. The number of hydrogen-bond donors (Lipinski definition) is 1. The van der Waals surface area contributed by atoms with E-state index >= 15 is 0 Å². The summed E-state index contributed by atoms with van der Waals surface area (Å²) in [7, 11) is 3.20. The van der Waals surface area contributed by atoms with Gasteiger partial charge in [-0.25, -0.2) is 0 Å². The first-order chi connectivity index (χ1) is 10.1. The van der Waals surface area contributed by atoms with Crippen LogP contribution in [-0.4, -0.2) is 26.7 Å². The van der Waals surface area contributed by atoms with Crippen LogP contribution in [-0.2, 0) is 6.42 Å². The second-order valence-electron chi connectivity index (χ2n) is 4.30. The fourth-order valence-corrected chi connectivity index (χ4v) is 2.84. The van der Waals surface area contributed by atoms with Crippen molar-refractivity contribution in [3.05, 3.63) is 45.1 Å². The molecule has 0 radical (unpaired) electrons. The molecule has 21 heavy (non-hydrogen) atoms. The number of rotatable bonds is 6. The predicted molar refractivity (Wildman–Crippen MR) is 84.9 cm³/mol. The van der Waals surface area contributed by atoms with Gasteiger partial charge in [-0.05, 0) is 36.2 Å². The highest BCUT2D eigenvalue weighted by Crippen LogP contribution is 2.27. The summed E-state index contributed by atoms with van der Waals surface area (Å²) in [6.07, 6.45) is 0.713. The zero-order chi connectivity index (χ0) is 15.2. The van der Waals surface area contributed by atoms with Gasteiger partial charge in [0, 0.05) is 6.54 Å². The van der Waals surface area contributed by atoms with E-state index in [9.17, 15) is 4.79 Å². The Morgan fingerprint density at radius 1 is 1.19 bits per heavy atom. The van der Waals surface area contributed by atoms with Crippen molar-refractivity contribution in [2.75, 3.05) is 20.8 Å². The van der Waals surface area contributed by atoms with Crippen LogP contribution in [0, 0.1) is 0 Å². The molecule has 1 aromatic carbocycles. The quantitative estimate of drug-likeness (QED) is 0.885. The van der Waals surface area contributed by atoms with Gasteiger partial charge in [-0.1, -0.05) is 17.7 Å².